The molecule has 0 bridgehead atoms. The molecule has 14 heavy (non-hydrogen) atoms. The van der Waals surface area contributed by atoms with E-state index in [1.807, 2.05) is 0 Å². The second kappa shape index (κ2) is 4.65. The largest absolute Gasteiger partial charge is 0.303 e. The lowest BCUT2D eigenvalue weighted by molar-refractivity contribution is -0.107. The summed E-state index contributed by atoms with van der Waals surface area (Å²) in [7, 11) is 0. The van der Waals surface area contributed by atoms with Crippen molar-refractivity contribution in [3.63, 3.8) is 0 Å². The molecule has 0 aliphatic rings. The molecule has 0 N–H and O–H groups in total. The van der Waals surface area contributed by atoms with Crippen molar-refractivity contribution in [1.82, 2.24) is 0 Å². The van der Waals surface area contributed by atoms with Crippen LogP contribution in [0.2, 0.25) is 0 Å². The molecule has 0 atom stereocenters. The number of carbonyl (C=O) groups excluding carboxylic acids is 2. The molecule has 0 unspecified atom stereocenters. The van der Waals surface area contributed by atoms with Crippen LogP contribution in [-0.2, 0) is 11.2 Å². The van der Waals surface area contributed by atoms with E-state index >= 15 is 0 Å². The van der Waals surface area contributed by atoms with Crippen LogP contribution in [0.4, 0.5) is 4.39 Å². The van der Waals surface area contributed by atoms with Gasteiger partial charge in [-0.15, -0.1) is 0 Å². The fourth-order valence-electron chi connectivity index (χ4n) is 1.30. The molecule has 0 spiro atoms. The zero-order valence-corrected chi connectivity index (χ0v) is 7.92. The number of carbonyl (C=O) groups is 2. The van der Waals surface area contributed by atoms with Crippen molar-refractivity contribution in [3.05, 3.63) is 34.6 Å². The first-order valence-corrected chi connectivity index (χ1v) is 4.37. The summed E-state index contributed by atoms with van der Waals surface area (Å²) in [6, 6.07) is 2.82. The Hall–Kier alpha value is -1.51. The van der Waals surface area contributed by atoms with Gasteiger partial charge in [0.05, 0.1) is 0 Å². The molecule has 0 aliphatic heterocycles. The molecule has 2 nitrogen and oxygen atoms in total. The number of benzene rings is 1. The SMILES string of the molecule is Cc1cc(CCC=O)c(C=O)cc1F. The Kier molecular flexibility index (Phi) is 3.51. The minimum absolute atomic E-state index is 0.329. The van der Waals surface area contributed by atoms with Gasteiger partial charge in [-0.25, -0.2) is 4.39 Å². The zero-order chi connectivity index (χ0) is 10.6. The second-order valence-corrected chi connectivity index (χ2v) is 3.12. The third-order valence-electron chi connectivity index (χ3n) is 2.08. The van der Waals surface area contributed by atoms with Gasteiger partial charge in [0, 0.05) is 12.0 Å². The van der Waals surface area contributed by atoms with E-state index in [-0.39, 0.29) is 5.82 Å². The van der Waals surface area contributed by atoms with Gasteiger partial charge >= 0.3 is 0 Å². The lowest BCUT2D eigenvalue weighted by Crippen LogP contribution is -1.97. The molecule has 1 rings (SSSR count). The molecule has 0 heterocycles. The predicted octanol–water partition coefficient (Wildman–Crippen LogP) is 2.08. The van der Waals surface area contributed by atoms with E-state index in [2.05, 4.69) is 0 Å². The minimum atomic E-state index is -0.387. The Morgan fingerprint density at radius 3 is 2.64 bits per heavy atom. The molecular formula is C11H11FO2. The average Bonchev–Trinajstić information content (AvgIpc) is 2.19. The third-order valence-corrected chi connectivity index (χ3v) is 2.08. The maximum atomic E-state index is 13.0. The van der Waals surface area contributed by atoms with Crippen LogP contribution in [0.5, 0.6) is 0 Å². The molecule has 0 amide bonds. The molecule has 0 aliphatic carbocycles. The molecule has 0 saturated heterocycles. The average molecular weight is 194 g/mol. The maximum absolute atomic E-state index is 13.0. The molecule has 0 saturated carbocycles. The summed E-state index contributed by atoms with van der Waals surface area (Å²) in [6.07, 6.45) is 2.24. The highest BCUT2D eigenvalue weighted by Gasteiger charge is 2.06. The predicted molar refractivity (Wildman–Crippen MR) is 50.9 cm³/mol. The normalized spacial score (nSPS) is 9.86. The highest BCUT2D eigenvalue weighted by Crippen LogP contribution is 2.15. The van der Waals surface area contributed by atoms with E-state index in [1.165, 1.54) is 6.07 Å². The summed E-state index contributed by atoms with van der Waals surface area (Å²) < 4.78 is 13.0. The molecule has 0 aromatic heterocycles. The highest BCUT2D eigenvalue weighted by molar-refractivity contribution is 5.77. The maximum Gasteiger partial charge on any atom is 0.150 e. The molecule has 0 radical (unpaired) electrons. The van der Waals surface area contributed by atoms with Crippen molar-refractivity contribution in [3.8, 4) is 0 Å². The van der Waals surface area contributed by atoms with Crippen molar-refractivity contribution >= 4 is 12.6 Å². The minimum Gasteiger partial charge on any atom is -0.303 e. The lowest BCUT2D eigenvalue weighted by Gasteiger charge is -2.05. The molecular weight excluding hydrogens is 183 g/mol. The smallest absolute Gasteiger partial charge is 0.150 e. The first-order chi connectivity index (χ1) is 6.69. The van der Waals surface area contributed by atoms with E-state index in [4.69, 9.17) is 0 Å². The van der Waals surface area contributed by atoms with Crippen LogP contribution in [0.15, 0.2) is 12.1 Å². The Bertz CT molecular complexity index is 359. The number of aryl methyl sites for hydroxylation is 2. The Morgan fingerprint density at radius 2 is 2.07 bits per heavy atom. The molecule has 1 aromatic rings. The van der Waals surface area contributed by atoms with Crippen molar-refractivity contribution in [1.29, 1.82) is 0 Å². The monoisotopic (exact) mass is 194 g/mol. The van der Waals surface area contributed by atoms with Gasteiger partial charge in [0.2, 0.25) is 0 Å². The molecule has 0 fully saturated rings. The zero-order valence-electron chi connectivity index (χ0n) is 7.92. The van der Waals surface area contributed by atoms with Gasteiger partial charge in [-0.05, 0) is 30.5 Å². The van der Waals surface area contributed by atoms with E-state index in [0.29, 0.717) is 30.3 Å². The van der Waals surface area contributed by atoms with Gasteiger partial charge in [-0.2, -0.15) is 0 Å². The van der Waals surface area contributed by atoms with E-state index in [9.17, 15) is 14.0 Å². The fraction of sp³-hybridized carbons (Fsp3) is 0.273. The standard InChI is InChI=1S/C11H11FO2/c1-8-5-9(3-2-4-13)10(7-14)6-11(8)12/h4-7H,2-3H2,1H3. The summed E-state index contributed by atoms with van der Waals surface area (Å²) in [5, 5.41) is 0. The van der Waals surface area contributed by atoms with Crippen LogP contribution < -0.4 is 0 Å². The summed E-state index contributed by atoms with van der Waals surface area (Å²) in [5.41, 5.74) is 1.55. The first-order valence-electron chi connectivity index (χ1n) is 4.37. The number of aldehydes is 2. The lowest BCUT2D eigenvalue weighted by atomic mass is 10.0. The van der Waals surface area contributed by atoms with Crippen molar-refractivity contribution in [2.24, 2.45) is 0 Å². The number of rotatable bonds is 4. The van der Waals surface area contributed by atoms with Gasteiger partial charge in [-0.3, -0.25) is 4.79 Å². The number of hydrogen-bond donors (Lipinski definition) is 0. The summed E-state index contributed by atoms with van der Waals surface area (Å²) in [4.78, 5) is 20.8. The van der Waals surface area contributed by atoms with Gasteiger partial charge in [0.15, 0.2) is 0 Å². The summed E-state index contributed by atoms with van der Waals surface area (Å²) in [5.74, 6) is -0.387. The molecule has 1 aromatic carbocycles. The Labute approximate surface area is 81.7 Å². The van der Waals surface area contributed by atoms with Gasteiger partial charge < -0.3 is 4.79 Å². The van der Waals surface area contributed by atoms with Crippen LogP contribution in [0.1, 0.15) is 27.9 Å². The molecule has 3 heteroatoms. The van der Waals surface area contributed by atoms with Gasteiger partial charge in [0.25, 0.3) is 0 Å². The van der Waals surface area contributed by atoms with Crippen LogP contribution in [0.25, 0.3) is 0 Å². The van der Waals surface area contributed by atoms with E-state index in [0.717, 1.165) is 11.8 Å². The van der Waals surface area contributed by atoms with Crippen molar-refractivity contribution in [2.45, 2.75) is 19.8 Å². The van der Waals surface area contributed by atoms with Crippen LogP contribution in [0.3, 0.4) is 0 Å². The molecule has 74 valence electrons. The van der Waals surface area contributed by atoms with Gasteiger partial charge in [-0.1, -0.05) is 6.07 Å². The van der Waals surface area contributed by atoms with E-state index < -0.39 is 0 Å². The Balaban J connectivity index is 3.06. The summed E-state index contributed by atoms with van der Waals surface area (Å²) >= 11 is 0. The van der Waals surface area contributed by atoms with Crippen LogP contribution >= 0.6 is 0 Å². The fourth-order valence-corrected chi connectivity index (χ4v) is 1.30. The second-order valence-electron chi connectivity index (χ2n) is 3.12. The first kappa shape index (κ1) is 10.6. The highest BCUT2D eigenvalue weighted by atomic mass is 19.1. The topological polar surface area (TPSA) is 34.1 Å². The van der Waals surface area contributed by atoms with Crippen molar-refractivity contribution in [2.75, 3.05) is 0 Å². The van der Waals surface area contributed by atoms with Crippen LogP contribution in [-0.4, -0.2) is 12.6 Å². The Morgan fingerprint density at radius 1 is 1.36 bits per heavy atom. The number of hydrogen-bond acceptors (Lipinski definition) is 2. The number of halogens is 1. The quantitative estimate of drug-likeness (QED) is 0.687. The summed E-state index contributed by atoms with van der Waals surface area (Å²) in [6.45, 7) is 1.63. The third kappa shape index (κ3) is 2.25. The van der Waals surface area contributed by atoms with Crippen molar-refractivity contribution < 1.29 is 14.0 Å². The van der Waals surface area contributed by atoms with Crippen LogP contribution in [0, 0.1) is 12.7 Å². The van der Waals surface area contributed by atoms with Gasteiger partial charge in [0.1, 0.15) is 18.4 Å². The van der Waals surface area contributed by atoms with E-state index in [1.54, 1.807) is 13.0 Å².